The van der Waals surface area contributed by atoms with E-state index >= 15 is 0 Å². The zero-order valence-corrected chi connectivity index (χ0v) is 12.7. The molecule has 0 amide bonds. The smallest absolute Gasteiger partial charge is 0.119 e. The first-order chi connectivity index (χ1) is 9.69. The van der Waals surface area contributed by atoms with Crippen LogP contribution in [0.1, 0.15) is 30.9 Å². The average molecular weight is 275 g/mol. The molecule has 1 rings (SSSR count). The molecule has 1 aromatic carbocycles. The van der Waals surface area contributed by atoms with E-state index in [0.29, 0.717) is 12.5 Å². The first-order valence-electron chi connectivity index (χ1n) is 7.07. The topological polar surface area (TPSA) is 48.3 Å². The lowest BCUT2D eigenvalue weighted by molar-refractivity contribution is 0.287. The monoisotopic (exact) mass is 275 g/mol. The van der Waals surface area contributed by atoms with Gasteiger partial charge in [0.05, 0.1) is 13.2 Å². The van der Waals surface area contributed by atoms with Gasteiger partial charge in [0.2, 0.25) is 0 Å². The van der Waals surface area contributed by atoms with Crippen LogP contribution in [0, 0.1) is 11.3 Å². The maximum atomic E-state index is 8.49. The molecule has 1 N–H and O–H groups in total. The Balaban J connectivity index is 2.50. The summed E-state index contributed by atoms with van der Waals surface area (Å²) >= 11 is 0. The number of likely N-dealkylation sites (N-methyl/N-ethyl adjacent to an activating group) is 1. The number of unbranched alkanes of at least 4 members (excludes halogenated alkanes) is 2. The van der Waals surface area contributed by atoms with Crippen molar-refractivity contribution in [2.75, 3.05) is 34.3 Å². The molecule has 0 saturated heterocycles. The van der Waals surface area contributed by atoms with E-state index in [4.69, 9.17) is 10.00 Å². The first kappa shape index (κ1) is 16.5. The standard InChI is InChI=1S/C16H25N3O/c1-19(2)16(13-18-11-6-4-5-10-17)14-8-7-9-15(12-14)20-3/h7-9,12,16,18H,4-6,11,13H2,1-3H3. The normalized spacial score (nSPS) is 12.2. The molecule has 0 spiro atoms. The number of hydrogen-bond donors (Lipinski definition) is 1. The molecule has 0 aromatic heterocycles. The lowest BCUT2D eigenvalue weighted by atomic mass is 10.1. The summed E-state index contributed by atoms with van der Waals surface area (Å²) in [5.41, 5.74) is 1.25. The van der Waals surface area contributed by atoms with Crippen LogP contribution in [0.4, 0.5) is 0 Å². The van der Waals surface area contributed by atoms with Crippen molar-refractivity contribution in [3.63, 3.8) is 0 Å². The summed E-state index contributed by atoms with van der Waals surface area (Å²) < 4.78 is 5.29. The maximum absolute atomic E-state index is 8.49. The summed E-state index contributed by atoms with van der Waals surface area (Å²) in [6, 6.07) is 10.7. The summed E-state index contributed by atoms with van der Waals surface area (Å²) in [6.45, 7) is 1.85. The third-order valence-electron chi connectivity index (χ3n) is 3.33. The summed E-state index contributed by atoms with van der Waals surface area (Å²) in [5, 5.41) is 12.0. The van der Waals surface area contributed by atoms with Gasteiger partial charge in [-0.05, 0) is 51.2 Å². The van der Waals surface area contributed by atoms with Crippen LogP contribution in [0.3, 0.4) is 0 Å². The van der Waals surface area contributed by atoms with Crippen molar-refractivity contribution in [2.24, 2.45) is 0 Å². The second-order valence-corrected chi connectivity index (χ2v) is 5.08. The van der Waals surface area contributed by atoms with Gasteiger partial charge in [0.25, 0.3) is 0 Å². The van der Waals surface area contributed by atoms with Crippen molar-refractivity contribution in [1.82, 2.24) is 10.2 Å². The van der Waals surface area contributed by atoms with Crippen molar-refractivity contribution >= 4 is 0 Å². The zero-order chi connectivity index (χ0) is 14.8. The van der Waals surface area contributed by atoms with Crippen molar-refractivity contribution < 1.29 is 4.74 Å². The van der Waals surface area contributed by atoms with Gasteiger partial charge in [-0.1, -0.05) is 12.1 Å². The number of nitrogens with one attached hydrogen (secondary N) is 1. The fraction of sp³-hybridized carbons (Fsp3) is 0.562. The van der Waals surface area contributed by atoms with Gasteiger partial charge >= 0.3 is 0 Å². The molecule has 1 unspecified atom stereocenters. The predicted molar refractivity (Wildman–Crippen MR) is 81.8 cm³/mol. The van der Waals surface area contributed by atoms with Crippen LogP contribution in [-0.4, -0.2) is 39.2 Å². The Bertz CT molecular complexity index is 426. The lowest BCUT2D eigenvalue weighted by Gasteiger charge is -2.25. The van der Waals surface area contributed by atoms with E-state index in [-0.39, 0.29) is 0 Å². The number of rotatable bonds is 9. The Kier molecular flexibility index (Phi) is 7.71. The molecule has 0 saturated carbocycles. The van der Waals surface area contributed by atoms with Crippen molar-refractivity contribution in [3.05, 3.63) is 29.8 Å². The number of benzene rings is 1. The minimum absolute atomic E-state index is 0.320. The highest BCUT2D eigenvalue weighted by Crippen LogP contribution is 2.21. The van der Waals surface area contributed by atoms with E-state index < -0.39 is 0 Å². The number of hydrogen-bond acceptors (Lipinski definition) is 4. The van der Waals surface area contributed by atoms with Crippen molar-refractivity contribution in [1.29, 1.82) is 5.26 Å². The Labute approximate surface area is 122 Å². The number of nitriles is 1. The molecular formula is C16H25N3O. The lowest BCUT2D eigenvalue weighted by Crippen LogP contribution is -2.31. The number of methoxy groups -OCH3 is 1. The molecule has 110 valence electrons. The number of nitrogens with zero attached hydrogens (tertiary/aromatic N) is 2. The minimum Gasteiger partial charge on any atom is -0.497 e. The van der Waals surface area contributed by atoms with E-state index in [1.165, 1.54) is 5.56 Å². The molecule has 4 heteroatoms. The largest absolute Gasteiger partial charge is 0.497 e. The van der Waals surface area contributed by atoms with Crippen LogP contribution >= 0.6 is 0 Å². The summed E-state index contributed by atoms with van der Waals surface area (Å²) in [4.78, 5) is 2.21. The van der Waals surface area contributed by atoms with Gasteiger partial charge in [-0.15, -0.1) is 0 Å². The van der Waals surface area contributed by atoms with Crippen LogP contribution in [0.5, 0.6) is 5.75 Å². The van der Waals surface area contributed by atoms with Gasteiger partial charge in [-0.3, -0.25) is 0 Å². The molecule has 1 aromatic rings. The summed E-state index contributed by atoms with van der Waals surface area (Å²) in [6.07, 6.45) is 2.66. The third-order valence-corrected chi connectivity index (χ3v) is 3.33. The van der Waals surface area contributed by atoms with Crippen molar-refractivity contribution in [2.45, 2.75) is 25.3 Å². The molecule has 0 fully saturated rings. The SMILES string of the molecule is COc1cccc(C(CNCCCCC#N)N(C)C)c1. The van der Waals surface area contributed by atoms with Gasteiger partial charge in [-0.2, -0.15) is 5.26 Å². The van der Waals surface area contributed by atoms with Gasteiger partial charge in [0.1, 0.15) is 5.75 Å². The van der Waals surface area contributed by atoms with Gasteiger partial charge < -0.3 is 15.0 Å². The molecule has 1 atom stereocenters. The molecular weight excluding hydrogens is 250 g/mol. The third kappa shape index (κ3) is 5.60. The van der Waals surface area contributed by atoms with Crippen LogP contribution in [0.25, 0.3) is 0 Å². The van der Waals surface area contributed by atoms with E-state index in [2.05, 4.69) is 42.5 Å². The Morgan fingerprint density at radius 3 is 2.80 bits per heavy atom. The fourth-order valence-corrected chi connectivity index (χ4v) is 2.14. The van der Waals surface area contributed by atoms with E-state index in [0.717, 1.165) is 31.7 Å². The maximum Gasteiger partial charge on any atom is 0.119 e. The van der Waals surface area contributed by atoms with Crippen LogP contribution in [-0.2, 0) is 0 Å². The molecule has 0 aliphatic carbocycles. The van der Waals surface area contributed by atoms with Gasteiger partial charge in [-0.25, -0.2) is 0 Å². The van der Waals surface area contributed by atoms with Gasteiger partial charge in [0.15, 0.2) is 0 Å². The van der Waals surface area contributed by atoms with Crippen molar-refractivity contribution in [3.8, 4) is 11.8 Å². The van der Waals surface area contributed by atoms with E-state index in [1.54, 1.807) is 7.11 Å². The fourth-order valence-electron chi connectivity index (χ4n) is 2.14. The molecule has 20 heavy (non-hydrogen) atoms. The quantitative estimate of drug-likeness (QED) is 0.704. The summed E-state index contributed by atoms with van der Waals surface area (Å²) in [7, 11) is 5.86. The molecule has 0 radical (unpaired) electrons. The predicted octanol–water partition coefficient (Wildman–Crippen LogP) is 2.58. The molecule has 0 bridgehead atoms. The average Bonchev–Trinajstić information content (AvgIpc) is 2.46. The van der Waals surface area contributed by atoms with Crippen LogP contribution in [0.2, 0.25) is 0 Å². The molecule has 0 heterocycles. The minimum atomic E-state index is 0.320. The second kappa shape index (κ2) is 9.35. The molecule has 0 aliphatic rings. The highest BCUT2D eigenvalue weighted by Gasteiger charge is 2.14. The van der Waals surface area contributed by atoms with E-state index in [1.807, 2.05) is 12.1 Å². The Morgan fingerprint density at radius 1 is 1.35 bits per heavy atom. The number of ether oxygens (including phenoxy) is 1. The van der Waals surface area contributed by atoms with E-state index in [9.17, 15) is 0 Å². The second-order valence-electron chi connectivity index (χ2n) is 5.08. The highest BCUT2D eigenvalue weighted by atomic mass is 16.5. The zero-order valence-electron chi connectivity index (χ0n) is 12.7. The van der Waals surface area contributed by atoms with Crippen LogP contribution < -0.4 is 10.1 Å². The highest BCUT2D eigenvalue weighted by molar-refractivity contribution is 5.30. The van der Waals surface area contributed by atoms with Gasteiger partial charge in [0, 0.05) is 19.0 Å². The Hall–Kier alpha value is -1.57. The first-order valence-corrected chi connectivity index (χ1v) is 7.07. The molecule has 0 aliphatic heterocycles. The Morgan fingerprint density at radius 2 is 2.15 bits per heavy atom. The van der Waals surface area contributed by atoms with Crippen LogP contribution in [0.15, 0.2) is 24.3 Å². The summed E-state index contributed by atoms with van der Waals surface area (Å²) in [5.74, 6) is 0.892. The molecule has 4 nitrogen and oxygen atoms in total.